The molecule has 0 unspecified atom stereocenters. The van der Waals surface area contributed by atoms with Gasteiger partial charge in [-0.15, -0.1) is 0 Å². The first-order chi connectivity index (χ1) is 9.65. The van der Waals surface area contributed by atoms with Gasteiger partial charge in [0.15, 0.2) is 0 Å². The van der Waals surface area contributed by atoms with Crippen LogP contribution >= 0.6 is 0 Å². The Morgan fingerprint density at radius 2 is 1.85 bits per heavy atom. The zero-order valence-electron chi connectivity index (χ0n) is 11.6. The second-order valence-electron chi connectivity index (χ2n) is 5.05. The fraction of sp³-hybridized carbons (Fsp3) is 0.118. The molecule has 1 aromatic heterocycles. The van der Waals surface area contributed by atoms with E-state index in [1.54, 1.807) is 6.20 Å². The van der Waals surface area contributed by atoms with Gasteiger partial charge in [-0.05, 0) is 55.3 Å². The van der Waals surface area contributed by atoms with Gasteiger partial charge in [-0.2, -0.15) is 0 Å². The van der Waals surface area contributed by atoms with Crippen molar-refractivity contribution in [3.63, 3.8) is 0 Å². The molecule has 3 nitrogen and oxygen atoms in total. The standard InChI is InChI=1S/C17H17N3/c1-11-5-6-12(2)16(10-11)20-15-8-7-14(18)17-13(15)4-3-9-19-17/h3-10,20H,18H2,1-2H3. The minimum absolute atomic E-state index is 0.701. The fourth-order valence-electron chi connectivity index (χ4n) is 2.32. The predicted octanol–water partition coefficient (Wildman–Crippen LogP) is 4.18. The van der Waals surface area contributed by atoms with Gasteiger partial charge in [0.05, 0.1) is 11.2 Å². The number of pyridine rings is 1. The Hall–Kier alpha value is -2.55. The highest BCUT2D eigenvalue weighted by Gasteiger charge is 2.06. The summed E-state index contributed by atoms with van der Waals surface area (Å²) in [6, 6.07) is 14.2. The van der Waals surface area contributed by atoms with Crippen LogP contribution in [0.15, 0.2) is 48.7 Å². The zero-order chi connectivity index (χ0) is 14.1. The van der Waals surface area contributed by atoms with E-state index >= 15 is 0 Å². The van der Waals surface area contributed by atoms with Crippen molar-refractivity contribution in [2.24, 2.45) is 0 Å². The van der Waals surface area contributed by atoms with Crippen molar-refractivity contribution in [2.45, 2.75) is 13.8 Å². The van der Waals surface area contributed by atoms with E-state index in [-0.39, 0.29) is 0 Å². The molecular weight excluding hydrogens is 246 g/mol. The number of anilines is 3. The summed E-state index contributed by atoms with van der Waals surface area (Å²) in [7, 11) is 0. The van der Waals surface area contributed by atoms with E-state index in [4.69, 9.17) is 5.73 Å². The molecule has 0 atom stereocenters. The highest BCUT2D eigenvalue weighted by Crippen LogP contribution is 2.30. The lowest BCUT2D eigenvalue weighted by Gasteiger charge is -2.13. The van der Waals surface area contributed by atoms with Crippen LogP contribution in [-0.4, -0.2) is 4.98 Å². The molecule has 0 saturated heterocycles. The zero-order valence-corrected chi connectivity index (χ0v) is 11.6. The molecule has 0 saturated carbocycles. The first kappa shape index (κ1) is 12.5. The molecule has 3 aromatic rings. The summed E-state index contributed by atoms with van der Waals surface area (Å²) >= 11 is 0. The molecule has 3 N–H and O–H groups in total. The first-order valence-electron chi connectivity index (χ1n) is 6.62. The van der Waals surface area contributed by atoms with Crippen molar-refractivity contribution in [2.75, 3.05) is 11.1 Å². The van der Waals surface area contributed by atoms with E-state index in [2.05, 4.69) is 42.3 Å². The highest BCUT2D eigenvalue weighted by molar-refractivity contribution is 5.99. The molecule has 0 fully saturated rings. The lowest BCUT2D eigenvalue weighted by atomic mass is 10.1. The van der Waals surface area contributed by atoms with Gasteiger partial charge in [-0.25, -0.2) is 0 Å². The van der Waals surface area contributed by atoms with Gasteiger partial charge >= 0.3 is 0 Å². The van der Waals surface area contributed by atoms with Gasteiger partial charge < -0.3 is 11.1 Å². The van der Waals surface area contributed by atoms with Gasteiger partial charge in [0, 0.05) is 23.0 Å². The van der Waals surface area contributed by atoms with Gasteiger partial charge in [-0.3, -0.25) is 4.98 Å². The van der Waals surface area contributed by atoms with Gasteiger partial charge in [0.1, 0.15) is 0 Å². The number of aryl methyl sites for hydroxylation is 2. The van der Waals surface area contributed by atoms with Crippen molar-refractivity contribution < 1.29 is 0 Å². The number of benzene rings is 2. The summed E-state index contributed by atoms with van der Waals surface area (Å²) < 4.78 is 0. The molecule has 0 aliphatic carbocycles. The molecule has 3 rings (SSSR count). The van der Waals surface area contributed by atoms with Crippen LogP contribution < -0.4 is 11.1 Å². The molecule has 0 bridgehead atoms. The quantitative estimate of drug-likeness (QED) is 0.682. The van der Waals surface area contributed by atoms with Crippen LogP contribution in [0.3, 0.4) is 0 Å². The number of nitrogens with one attached hydrogen (secondary N) is 1. The van der Waals surface area contributed by atoms with Crippen LogP contribution in [0.25, 0.3) is 10.9 Å². The van der Waals surface area contributed by atoms with Crippen LogP contribution in [0, 0.1) is 13.8 Å². The molecule has 0 spiro atoms. The van der Waals surface area contributed by atoms with Gasteiger partial charge in [0.2, 0.25) is 0 Å². The van der Waals surface area contributed by atoms with E-state index in [0.717, 1.165) is 22.3 Å². The number of nitrogen functional groups attached to an aromatic ring is 1. The summed E-state index contributed by atoms with van der Waals surface area (Å²) in [6.45, 7) is 4.19. The Labute approximate surface area is 118 Å². The number of rotatable bonds is 2. The van der Waals surface area contributed by atoms with Crippen LogP contribution in [0.5, 0.6) is 0 Å². The number of hydrogen-bond donors (Lipinski definition) is 2. The van der Waals surface area contributed by atoms with E-state index < -0.39 is 0 Å². The fourth-order valence-corrected chi connectivity index (χ4v) is 2.32. The number of hydrogen-bond acceptors (Lipinski definition) is 3. The van der Waals surface area contributed by atoms with E-state index in [9.17, 15) is 0 Å². The average molecular weight is 263 g/mol. The van der Waals surface area contributed by atoms with Gasteiger partial charge in [0.25, 0.3) is 0 Å². The largest absolute Gasteiger partial charge is 0.397 e. The Balaban J connectivity index is 2.11. The van der Waals surface area contributed by atoms with E-state index in [1.807, 2.05) is 24.3 Å². The molecular formula is C17H17N3. The monoisotopic (exact) mass is 263 g/mol. The molecule has 2 aromatic carbocycles. The van der Waals surface area contributed by atoms with E-state index in [0.29, 0.717) is 5.69 Å². The second-order valence-corrected chi connectivity index (χ2v) is 5.05. The summed E-state index contributed by atoms with van der Waals surface area (Å²) in [5.74, 6) is 0. The van der Waals surface area contributed by atoms with Crippen LogP contribution in [0.4, 0.5) is 17.1 Å². The Morgan fingerprint density at radius 3 is 2.70 bits per heavy atom. The minimum atomic E-state index is 0.701. The lowest BCUT2D eigenvalue weighted by molar-refractivity contribution is 1.37. The number of fused-ring (bicyclic) bond motifs is 1. The van der Waals surface area contributed by atoms with Crippen LogP contribution in [0.1, 0.15) is 11.1 Å². The van der Waals surface area contributed by atoms with Crippen molar-refractivity contribution in [1.29, 1.82) is 0 Å². The third-order valence-electron chi connectivity index (χ3n) is 3.46. The molecule has 0 aliphatic heterocycles. The number of nitrogens with two attached hydrogens (primary N) is 1. The maximum atomic E-state index is 5.98. The highest BCUT2D eigenvalue weighted by atomic mass is 14.9. The third kappa shape index (κ3) is 2.18. The number of aromatic nitrogens is 1. The predicted molar refractivity (Wildman–Crippen MR) is 85.4 cm³/mol. The summed E-state index contributed by atoms with van der Waals surface area (Å²) in [5, 5.41) is 4.52. The Morgan fingerprint density at radius 1 is 1.00 bits per heavy atom. The normalized spacial score (nSPS) is 10.7. The summed E-state index contributed by atoms with van der Waals surface area (Å²) in [4.78, 5) is 4.36. The third-order valence-corrected chi connectivity index (χ3v) is 3.46. The van der Waals surface area contributed by atoms with E-state index in [1.165, 1.54) is 11.1 Å². The lowest BCUT2D eigenvalue weighted by Crippen LogP contribution is -1.97. The molecule has 3 heteroatoms. The van der Waals surface area contributed by atoms with Crippen LogP contribution in [-0.2, 0) is 0 Å². The van der Waals surface area contributed by atoms with Crippen molar-refractivity contribution in [3.8, 4) is 0 Å². The summed E-state index contributed by atoms with van der Waals surface area (Å²) in [5.41, 5.74) is 12.1. The Bertz CT molecular complexity index is 778. The first-order valence-corrected chi connectivity index (χ1v) is 6.62. The van der Waals surface area contributed by atoms with Crippen LogP contribution in [0.2, 0.25) is 0 Å². The average Bonchev–Trinajstić information content (AvgIpc) is 2.46. The molecule has 0 amide bonds. The SMILES string of the molecule is Cc1ccc(C)c(Nc2ccc(N)c3ncccc23)c1. The summed E-state index contributed by atoms with van der Waals surface area (Å²) in [6.07, 6.45) is 1.76. The number of nitrogens with zero attached hydrogens (tertiary/aromatic N) is 1. The topological polar surface area (TPSA) is 50.9 Å². The Kier molecular flexibility index (Phi) is 3.03. The second kappa shape index (κ2) is 4.85. The van der Waals surface area contributed by atoms with Crippen molar-refractivity contribution >= 4 is 28.0 Å². The molecule has 100 valence electrons. The maximum absolute atomic E-state index is 5.98. The molecule has 20 heavy (non-hydrogen) atoms. The van der Waals surface area contributed by atoms with Crippen molar-refractivity contribution in [1.82, 2.24) is 4.98 Å². The van der Waals surface area contributed by atoms with Gasteiger partial charge in [-0.1, -0.05) is 12.1 Å². The molecule has 0 radical (unpaired) electrons. The molecule has 1 heterocycles. The smallest absolute Gasteiger partial charge is 0.0951 e. The maximum Gasteiger partial charge on any atom is 0.0951 e. The van der Waals surface area contributed by atoms with Crippen molar-refractivity contribution in [3.05, 3.63) is 59.8 Å². The minimum Gasteiger partial charge on any atom is -0.397 e. The molecule has 0 aliphatic rings.